The highest BCUT2D eigenvalue weighted by molar-refractivity contribution is 4.76. The lowest BCUT2D eigenvalue weighted by molar-refractivity contribution is 0.317. The van der Waals surface area contributed by atoms with Gasteiger partial charge in [-0.2, -0.15) is 0 Å². The van der Waals surface area contributed by atoms with Gasteiger partial charge < -0.3 is 10.2 Å². The first-order chi connectivity index (χ1) is 7.18. The first-order valence-electron chi connectivity index (χ1n) is 6.57. The molecule has 90 valence electrons. The van der Waals surface area contributed by atoms with Crippen molar-refractivity contribution in [2.24, 2.45) is 11.8 Å². The van der Waals surface area contributed by atoms with Crippen molar-refractivity contribution in [2.45, 2.75) is 39.5 Å². The summed E-state index contributed by atoms with van der Waals surface area (Å²) in [5.41, 5.74) is 0. The van der Waals surface area contributed by atoms with E-state index in [0.717, 1.165) is 18.4 Å². The number of rotatable bonds is 9. The molecule has 0 heterocycles. The molecule has 1 saturated carbocycles. The van der Waals surface area contributed by atoms with E-state index in [4.69, 9.17) is 0 Å². The fourth-order valence-corrected chi connectivity index (χ4v) is 1.86. The molecule has 1 aliphatic rings. The van der Waals surface area contributed by atoms with E-state index in [-0.39, 0.29) is 0 Å². The van der Waals surface area contributed by atoms with Crippen LogP contribution in [0.25, 0.3) is 0 Å². The largest absolute Gasteiger partial charge is 0.315 e. The van der Waals surface area contributed by atoms with E-state index in [1.165, 1.54) is 45.3 Å². The van der Waals surface area contributed by atoms with Crippen molar-refractivity contribution < 1.29 is 0 Å². The summed E-state index contributed by atoms with van der Waals surface area (Å²) in [4.78, 5) is 2.47. The van der Waals surface area contributed by atoms with E-state index in [1.807, 2.05) is 0 Å². The van der Waals surface area contributed by atoms with Crippen LogP contribution in [-0.4, -0.2) is 38.1 Å². The summed E-state index contributed by atoms with van der Waals surface area (Å²) >= 11 is 0. The van der Waals surface area contributed by atoms with Crippen LogP contribution < -0.4 is 5.32 Å². The van der Waals surface area contributed by atoms with Crippen molar-refractivity contribution in [1.29, 1.82) is 0 Å². The van der Waals surface area contributed by atoms with E-state index in [1.54, 1.807) is 0 Å². The molecule has 0 aromatic heterocycles. The first kappa shape index (κ1) is 13.0. The van der Waals surface area contributed by atoms with Gasteiger partial charge in [0.2, 0.25) is 0 Å². The molecule has 0 spiro atoms. The normalized spacial score (nSPS) is 16.6. The molecular weight excluding hydrogens is 184 g/mol. The van der Waals surface area contributed by atoms with Crippen molar-refractivity contribution in [3.05, 3.63) is 0 Å². The van der Waals surface area contributed by atoms with Crippen molar-refractivity contribution >= 4 is 0 Å². The van der Waals surface area contributed by atoms with Gasteiger partial charge in [-0.15, -0.1) is 0 Å². The van der Waals surface area contributed by atoms with Crippen LogP contribution in [0.4, 0.5) is 0 Å². The summed E-state index contributed by atoms with van der Waals surface area (Å²) in [6, 6.07) is 0. The topological polar surface area (TPSA) is 15.3 Å². The van der Waals surface area contributed by atoms with Gasteiger partial charge in [0.25, 0.3) is 0 Å². The molecule has 0 aliphatic heterocycles. The lowest BCUT2D eigenvalue weighted by atomic mass is 10.1. The second-order valence-corrected chi connectivity index (χ2v) is 5.49. The lowest BCUT2D eigenvalue weighted by Crippen LogP contribution is -2.31. The number of nitrogens with zero attached hydrogens (tertiary/aromatic N) is 1. The van der Waals surface area contributed by atoms with Gasteiger partial charge in [-0.05, 0) is 51.1 Å². The average Bonchev–Trinajstić information content (AvgIpc) is 2.94. The molecular formula is C13H28N2. The third-order valence-electron chi connectivity index (χ3n) is 3.07. The minimum atomic E-state index is 0.851. The molecule has 0 unspecified atom stereocenters. The summed E-state index contributed by atoms with van der Waals surface area (Å²) in [7, 11) is 2.24. The Morgan fingerprint density at radius 1 is 1.27 bits per heavy atom. The van der Waals surface area contributed by atoms with Gasteiger partial charge in [0.05, 0.1) is 0 Å². The van der Waals surface area contributed by atoms with Crippen molar-refractivity contribution in [3.63, 3.8) is 0 Å². The molecule has 0 aromatic carbocycles. The summed E-state index contributed by atoms with van der Waals surface area (Å²) in [6.45, 7) is 9.45. The molecule has 1 rings (SSSR count). The molecule has 2 nitrogen and oxygen atoms in total. The predicted octanol–water partition coefficient (Wildman–Crippen LogP) is 2.35. The molecule has 1 N–H and O–H groups in total. The highest BCUT2D eigenvalue weighted by Crippen LogP contribution is 2.29. The van der Waals surface area contributed by atoms with Crippen molar-refractivity contribution in [1.82, 2.24) is 10.2 Å². The van der Waals surface area contributed by atoms with Gasteiger partial charge in [0, 0.05) is 19.6 Å². The molecule has 15 heavy (non-hydrogen) atoms. The minimum Gasteiger partial charge on any atom is -0.315 e. The summed E-state index contributed by atoms with van der Waals surface area (Å²) in [5.74, 6) is 1.88. The maximum Gasteiger partial charge on any atom is 0.0104 e. The maximum atomic E-state index is 3.52. The highest BCUT2D eigenvalue weighted by Gasteiger charge is 2.22. The van der Waals surface area contributed by atoms with E-state index in [0.29, 0.717) is 0 Å². The third-order valence-corrected chi connectivity index (χ3v) is 3.07. The van der Waals surface area contributed by atoms with E-state index < -0.39 is 0 Å². The van der Waals surface area contributed by atoms with Crippen LogP contribution in [0.15, 0.2) is 0 Å². The van der Waals surface area contributed by atoms with Gasteiger partial charge in [0.1, 0.15) is 0 Å². The molecule has 2 heteroatoms. The zero-order valence-electron chi connectivity index (χ0n) is 10.8. The second-order valence-electron chi connectivity index (χ2n) is 5.49. The van der Waals surface area contributed by atoms with Crippen molar-refractivity contribution in [3.8, 4) is 0 Å². The van der Waals surface area contributed by atoms with Gasteiger partial charge in [0.15, 0.2) is 0 Å². The Morgan fingerprint density at radius 2 is 2.00 bits per heavy atom. The fourth-order valence-electron chi connectivity index (χ4n) is 1.86. The number of hydrogen-bond acceptors (Lipinski definition) is 2. The summed E-state index contributed by atoms with van der Waals surface area (Å²) < 4.78 is 0. The SMILES string of the molecule is CC(C)CCCNCCN(C)CC1CC1. The number of nitrogens with one attached hydrogen (secondary N) is 1. The minimum absolute atomic E-state index is 0.851. The van der Waals surface area contributed by atoms with Crippen LogP contribution in [0, 0.1) is 11.8 Å². The molecule has 0 aromatic rings. The Balaban J connectivity index is 1.79. The van der Waals surface area contributed by atoms with Gasteiger partial charge in [-0.25, -0.2) is 0 Å². The first-order valence-corrected chi connectivity index (χ1v) is 6.57. The van der Waals surface area contributed by atoms with E-state index >= 15 is 0 Å². The Bertz CT molecular complexity index is 153. The Kier molecular flexibility index (Phi) is 6.26. The molecule has 0 radical (unpaired) electrons. The fraction of sp³-hybridized carbons (Fsp3) is 1.00. The van der Waals surface area contributed by atoms with Crippen LogP contribution in [-0.2, 0) is 0 Å². The maximum absolute atomic E-state index is 3.52. The zero-order valence-corrected chi connectivity index (χ0v) is 10.8. The molecule has 1 fully saturated rings. The van der Waals surface area contributed by atoms with Gasteiger partial charge in [-0.3, -0.25) is 0 Å². The summed E-state index contributed by atoms with van der Waals surface area (Å²) in [6.07, 6.45) is 5.60. The van der Waals surface area contributed by atoms with E-state index in [9.17, 15) is 0 Å². The van der Waals surface area contributed by atoms with Gasteiger partial charge in [-0.1, -0.05) is 13.8 Å². The third kappa shape index (κ3) is 7.80. The van der Waals surface area contributed by atoms with E-state index in [2.05, 4.69) is 31.1 Å². The Labute approximate surface area is 95.4 Å². The van der Waals surface area contributed by atoms with Crippen LogP contribution in [0.1, 0.15) is 39.5 Å². The lowest BCUT2D eigenvalue weighted by Gasteiger charge is -2.16. The second kappa shape index (κ2) is 7.24. The number of likely N-dealkylation sites (N-methyl/N-ethyl adjacent to an activating group) is 1. The Hall–Kier alpha value is -0.0800. The smallest absolute Gasteiger partial charge is 0.0104 e. The van der Waals surface area contributed by atoms with Crippen LogP contribution in [0.2, 0.25) is 0 Å². The summed E-state index contributed by atoms with van der Waals surface area (Å²) in [5, 5.41) is 3.52. The molecule has 0 saturated heterocycles. The quantitative estimate of drug-likeness (QED) is 0.590. The molecule has 1 aliphatic carbocycles. The monoisotopic (exact) mass is 212 g/mol. The van der Waals surface area contributed by atoms with Gasteiger partial charge >= 0.3 is 0 Å². The average molecular weight is 212 g/mol. The van der Waals surface area contributed by atoms with Crippen LogP contribution in [0.3, 0.4) is 0 Å². The van der Waals surface area contributed by atoms with Crippen LogP contribution >= 0.6 is 0 Å². The van der Waals surface area contributed by atoms with Crippen LogP contribution in [0.5, 0.6) is 0 Å². The number of hydrogen-bond donors (Lipinski definition) is 1. The van der Waals surface area contributed by atoms with Crippen molar-refractivity contribution in [2.75, 3.05) is 33.2 Å². The highest BCUT2D eigenvalue weighted by atomic mass is 15.1. The molecule has 0 atom stereocenters. The molecule has 0 bridgehead atoms. The predicted molar refractivity (Wildman–Crippen MR) is 67.2 cm³/mol. The molecule has 0 amide bonds. The Morgan fingerprint density at radius 3 is 2.60 bits per heavy atom. The zero-order chi connectivity index (χ0) is 11.1. The standard InChI is InChI=1S/C13H28N2/c1-12(2)5-4-8-14-9-10-15(3)11-13-6-7-13/h12-14H,4-11H2,1-3H3.